The number of carboxylic acid groups (broad SMARTS) is 3. The molecule has 5 heterocycles. The third kappa shape index (κ3) is 23.1. The Balaban J connectivity index is 0.000000155. The maximum Gasteiger partial charge on any atom is 0.338 e. The molecule has 0 bridgehead atoms. The monoisotopic (exact) mass is 2070 g/mol. The number of carboxylic acids is 3. The number of aromatic hydroxyl groups is 2. The van der Waals surface area contributed by atoms with Gasteiger partial charge < -0.3 is 104 Å². The first-order chi connectivity index (χ1) is 70.3. The van der Waals surface area contributed by atoms with E-state index in [1.54, 1.807) is 66.7 Å². The van der Waals surface area contributed by atoms with Crippen molar-refractivity contribution in [3.05, 3.63) is 382 Å². The largest absolute Gasteiger partial charge is 1.00 e. The van der Waals surface area contributed by atoms with E-state index < -0.39 is 17.9 Å². The minimum atomic E-state index is -1.14. The summed E-state index contributed by atoms with van der Waals surface area (Å²) < 4.78 is 45.5. The molecule has 0 atom stereocenters. The van der Waals surface area contributed by atoms with Crippen LogP contribution in [-0.2, 0) is 15.9 Å². The van der Waals surface area contributed by atoms with Crippen molar-refractivity contribution in [2.45, 2.75) is 60.8 Å². The summed E-state index contributed by atoms with van der Waals surface area (Å²) in [5.74, 6) is 0.0284. The van der Waals surface area contributed by atoms with Gasteiger partial charge in [-0.3, -0.25) is 9.59 Å². The quantitative estimate of drug-likeness (QED) is 0.0175. The number of aliphatic imine (C=N–C) groups is 1. The van der Waals surface area contributed by atoms with Gasteiger partial charge in [-0.15, -0.1) is 0 Å². The van der Waals surface area contributed by atoms with Crippen LogP contribution in [0.15, 0.2) is 317 Å². The number of rotatable bonds is 18. The Bertz CT molecular complexity index is 8790. The topological polar surface area (TPSA) is 326 Å². The lowest BCUT2D eigenvalue weighted by molar-refractivity contribution is -0.00100. The summed E-state index contributed by atoms with van der Waals surface area (Å²) >= 11 is 4.59. The van der Waals surface area contributed by atoms with Gasteiger partial charge in [-0.05, 0) is 248 Å². The summed E-state index contributed by atoms with van der Waals surface area (Å²) in [6.07, 6.45) is 5.26. The molecule has 0 unspecified atom stereocenters. The number of anilines is 2. The zero-order chi connectivity index (χ0) is 104. The van der Waals surface area contributed by atoms with E-state index in [0.29, 0.717) is 96.7 Å². The predicted octanol–water partition coefficient (Wildman–Crippen LogP) is 14.1. The molecule has 0 radical (unpaired) electrons. The number of phenolic OH excluding ortho intramolecular Hbond substituents is 2. The third-order valence-corrected chi connectivity index (χ3v) is 25.3. The number of carbonyl (C=O) groups is 5. The SMILES string of the molecule is CC/C=c1/cc2c(cc1C)=C(c1ccccc1C(=O)OCC)c1cc(C)c(CCC)cc1O2.CCOC(=O)c1ccccc1-c1c2ccc(=[N+](C)C)cc-2oc2cc(N(C)C)ccc12.CN(C)c1ccc2c(-c3ccccc3C(=O)O)c3ccc(=[N+](C)C)cc-3oc2c1.O=C(O)c1cc(N=C=S)ccc1-c1c2ccc(=O)cc-2oc2cc(O)ccc12.O=C(O)c1ccccc1-c1c2ccc(=O)cc-2oc2cc(O)ccc12.[Cl-].[Cl-].[Cl-]. The smallest absolute Gasteiger partial charge is 0.338 e. The molecule has 5 aliphatic heterocycles. The van der Waals surface area contributed by atoms with E-state index in [1.165, 1.54) is 82.6 Å². The summed E-state index contributed by atoms with van der Waals surface area (Å²) in [5, 5.41) is 58.2. The fourth-order valence-electron chi connectivity index (χ4n) is 18.3. The number of benzene rings is 15. The van der Waals surface area contributed by atoms with Crippen LogP contribution in [0.4, 0.5) is 17.1 Å². The van der Waals surface area contributed by atoms with Crippen molar-refractivity contribution in [1.82, 2.24) is 9.15 Å². The van der Waals surface area contributed by atoms with Gasteiger partial charge in [0.15, 0.2) is 10.9 Å². The number of hydrogen-bond donors (Lipinski definition) is 5. The molecule has 5 N–H and O–H groups in total. The van der Waals surface area contributed by atoms with Gasteiger partial charge in [0.05, 0.1) is 64.0 Å². The van der Waals surface area contributed by atoms with E-state index in [-0.39, 0.29) is 94.0 Å². The second kappa shape index (κ2) is 47.4. The second-order valence-electron chi connectivity index (χ2n) is 35.7. The minimum absolute atomic E-state index is 0. The minimum Gasteiger partial charge on any atom is -1.00 e. The number of esters is 2. The Morgan fingerprint density at radius 1 is 0.396 bits per heavy atom. The van der Waals surface area contributed by atoms with Crippen LogP contribution in [0.25, 0.3) is 145 Å². The number of aryl methyl sites for hydroxylation is 3. The van der Waals surface area contributed by atoms with Gasteiger partial charge in [-0.1, -0.05) is 105 Å². The van der Waals surface area contributed by atoms with E-state index in [4.69, 9.17) is 31.9 Å². The molecule has 4 aliphatic carbocycles. The summed E-state index contributed by atoms with van der Waals surface area (Å²) in [6.45, 7) is 12.9. The molecular weight excluding hydrogens is 1970 g/mol. The van der Waals surface area contributed by atoms with Crippen LogP contribution in [0.2, 0.25) is 0 Å². The highest BCUT2D eigenvalue weighted by Gasteiger charge is 2.31. The van der Waals surface area contributed by atoms with Gasteiger partial charge in [0, 0.05) is 171 Å². The molecule has 11 aromatic rings. The van der Waals surface area contributed by atoms with Crippen LogP contribution < -0.4 is 92.9 Å². The van der Waals surface area contributed by atoms with Gasteiger partial charge >= 0.3 is 29.8 Å². The Morgan fingerprint density at radius 2 is 0.779 bits per heavy atom. The van der Waals surface area contributed by atoms with Gasteiger partial charge in [0.2, 0.25) is 10.7 Å². The standard InChI is InChI=1S/C30H32O3.C26H27N2O3.C24H22N2O3.C21H11NO5S.C20H12O5.3ClH/c1-6-11-21-17-27-25(15-19(21)4)29(23-13-9-10-14-24(23)30(31)32-8-3)26-16-20(5)22(12-7-2)18-28(26)33-27;1-6-30-26(29)20-10-8-7-9-19(20)25-21-13-11-17(27(2)3)15-23(21)31-24-16-18(28(4)5)12-14-22(24)25;1-25(2)15-9-11-19-21(13-15)29-22-14-16(26(3)4)10-12-20(22)23(19)17-7-5-6-8-18(17)24(27)28;23-12-2-5-15-18(8-12)27-19-9-13(24)3-6-16(19)20(15)14-4-1-11(22-10-28)7-17(14)21(25)26;21-11-5-7-15-17(9-11)25-18-10-12(22)6-8-16(18)19(15)13-3-1-2-4-14(13)20(23)24;;;/h9-11,13-18H,6-8,12H2,1-5H3;7-16H,6H2,1-5H3;5-14H,1-4H3;1-9,23H,(H,25,26);1-10,21H,(H,23,24);3*1H/q;+1;;;;;;/p-2/b21-11-;;;;;;;. The maximum atomic E-state index is 12.9. The molecule has 0 saturated carbocycles. The van der Waals surface area contributed by atoms with Crippen LogP contribution in [0.5, 0.6) is 23.0 Å². The number of carbonyl (C=O) groups excluding carboxylic acids is 2. The van der Waals surface area contributed by atoms with Crippen LogP contribution >= 0.6 is 12.2 Å². The molecule has 756 valence electrons. The number of ether oxygens (including phenoxy) is 3. The first-order valence-electron chi connectivity index (χ1n) is 47.3. The van der Waals surface area contributed by atoms with Crippen molar-refractivity contribution in [3.63, 3.8) is 0 Å². The highest BCUT2D eigenvalue weighted by molar-refractivity contribution is 7.78. The van der Waals surface area contributed by atoms with E-state index in [2.05, 4.69) is 105 Å². The summed E-state index contributed by atoms with van der Waals surface area (Å²) in [7, 11) is 15.9. The van der Waals surface area contributed by atoms with E-state index in [1.807, 2.05) is 198 Å². The molecule has 0 spiro atoms. The maximum absolute atomic E-state index is 12.9. The number of halogens is 3. The van der Waals surface area contributed by atoms with Gasteiger partial charge in [-0.2, -0.15) is 4.99 Å². The first-order valence-corrected chi connectivity index (χ1v) is 47.7. The molecule has 0 fully saturated rings. The normalized spacial score (nSPS) is 11.1. The number of phenols is 2. The lowest BCUT2D eigenvalue weighted by Gasteiger charge is -2.24. The molecular formula is C121H105Cl3N5O19S-. The second-order valence-corrected chi connectivity index (χ2v) is 35.9. The van der Waals surface area contributed by atoms with Gasteiger partial charge in [0.1, 0.15) is 96.6 Å². The van der Waals surface area contributed by atoms with Crippen LogP contribution in [0, 0.1) is 13.8 Å². The lowest BCUT2D eigenvalue weighted by atomic mass is 9.87. The zero-order valence-electron chi connectivity index (χ0n) is 84.0. The highest BCUT2D eigenvalue weighted by atomic mass is 35.5. The van der Waals surface area contributed by atoms with E-state index in [0.717, 1.165) is 136 Å². The molecule has 11 aromatic carbocycles. The molecule has 149 heavy (non-hydrogen) atoms. The lowest BCUT2D eigenvalue weighted by Crippen LogP contribution is -3.00. The summed E-state index contributed by atoms with van der Waals surface area (Å²) in [6, 6.07) is 84.7. The molecule has 24 nitrogen and oxygen atoms in total. The van der Waals surface area contributed by atoms with E-state index >= 15 is 0 Å². The van der Waals surface area contributed by atoms with Crippen LogP contribution in [0.3, 0.4) is 0 Å². The average molecular weight is 2070 g/mol. The summed E-state index contributed by atoms with van der Waals surface area (Å²) in [5.41, 5.74) is 20.9. The summed E-state index contributed by atoms with van der Waals surface area (Å²) in [4.78, 5) is 92.5. The number of hydrogen-bond acceptors (Lipinski definition) is 20. The number of isothiocyanates is 1. The van der Waals surface area contributed by atoms with Gasteiger partial charge in [0.25, 0.3) is 0 Å². The fraction of sp³-hybridized carbons (Fsp3) is 0.157. The van der Waals surface area contributed by atoms with Crippen LogP contribution in [0.1, 0.15) is 120 Å². The highest BCUT2D eigenvalue weighted by Crippen LogP contribution is 2.49. The number of nitrogens with zero attached hydrogens (tertiary/aromatic N) is 5. The zero-order valence-corrected chi connectivity index (χ0v) is 87.1. The van der Waals surface area contributed by atoms with Crippen molar-refractivity contribution in [1.29, 1.82) is 0 Å². The third-order valence-electron chi connectivity index (χ3n) is 25.2. The molecule has 0 aromatic heterocycles. The van der Waals surface area contributed by atoms with Crippen molar-refractivity contribution in [2.24, 2.45) is 4.99 Å². The molecule has 0 saturated heterocycles. The predicted molar refractivity (Wildman–Crippen MR) is 578 cm³/mol. The van der Waals surface area contributed by atoms with Crippen molar-refractivity contribution >= 4 is 120 Å². The Labute approximate surface area is 881 Å². The Hall–Kier alpha value is -17.1. The molecule has 0 amide bonds. The van der Waals surface area contributed by atoms with E-state index in [9.17, 15) is 59.1 Å². The van der Waals surface area contributed by atoms with Crippen molar-refractivity contribution < 1.29 is 119 Å². The number of aromatic carboxylic acids is 3. The molecule has 9 aliphatic rings. The van der Waals surface area contributed by atoms with Crippen molar-refractivity contribution in [2.75, 3.05) is 79.4 Å². The average Bonchev–Trinajstić information content (AvgIpc) is 0.750. The Kier molecular flexibility index (Phi) is 34.7. The molecule has 28 heteroatoms. The van der Waals surface area contributed by atoms with Crippen molar-refractivity contribution in [3.8, 4) is 113 Å². The fourth-order valence-corrected chi connectivity index (χ4v) is 18.4. The number of fused-ring (bicyclic) bond motifs is 10. The van der Waals surface area contributed by atoms with Crippen LogP contribution in [-0.4, -0.2) is 130 Å². The number of thiocarbonyl (C=S) groups is 1. The first kappa shape index (κ1) is 109. The molecule has 20 rings (SSSR count). The van der Waals surface area contributed by atoms with Gasteiger partial charge in [-0.25, -0.2) is 33.1 Å². The Morgan fingerprint density at radius 3 is 1.19 bits per heavy atom.